The summed E-state index contributed by atoms with van der Waals surface area (Å²) < 4.78 is 2.23. The van der Waals surface area contributed by atoms with Crippen molar-refractivity contribution in [2.45, 2.75) is 33.2 Å². The molecule has 2 heterocycles. The molecule has 1 aliphatic heterocycles. The van der Waals surface area contributed by atoms with Gasteiger partial charge in [-0.1, -0.05) is 73.0 Å². The molecule has 1 fully saturated rings. The molecule has 4 nitrogen and oxygen atoms in total. The predicted molar refractivity (Wildman–Crippen MR) is 153 cm³/mol. The van der Waals surface area contributed by atoms with Gasteiger partial charge in [0.05, 0.1) is 10.6 Å². The second kappa shape index (κ2) is 10.8. The van der Waals surface area contributed by atoms with Gasteiger partial charge in [0.1, 0.15) is 0 Å². The van der Waals surface area contributed by atoms with Gasteiger partial charge in [0.25, 0.3) is 5.91 Å². The van der Waals surface area contributed by atoms with Crippen LogP contribution in [0.25, 0.3) is 17.0 Å². The first-order chi connectivity index (χ1) is 17.5. The van der Waals surface area contributed by atoms with Crippen molar-refractivity contribution >= 4 is 57.1 Å². The quantitative estimate of drug-likeness (QED) is 0.234. The highest BCUT2D eigenvalue weighted by atomic mass is 35.5. The standard InChI is InChI=1S/C30H28ClN3OS/c1-3-4-17-34-29(35)28(36-30(34)32-25-15-9-21(2)10-16-25)18-23-20-33(27-8-6-5-7-26(23)27)19-22-11-13-24(31)14-12-22/h5-16,18,20H,3-4,17,19H2,1-2H3/b28-18+,32-30?. The van der Waals surface area contributed by atoms with Gasteiger partial charge in [0.15, 0.2) is 5.17 Å². The minimum absolute atomic E-state index is 0.0221. The van der Waals surface area contributed by atoms with Gasteiger partial charge in [0.2, 0.25) is 0 Å². The molecule has 1 saturated heterocycles. The third-order valence-corrected chi connectivity index (χ3v) is 7.51. The van der Waals surface area contributed by atoms with Crippen LogP contribution in [0.4, 0.5) is 5.69 Å². The molecule has 6 heteroatoms. The number of aliphatic imine (C=N–C) groups is 1. The molecular weight excluding hydrogens is 486 g/mol. The van der Waals surface area contributed by atoms with E-state index in [1.165, 1.54) is 22.9 Å². The van der Waals surface area contributed by atoms with Crippen LogP contribution in [-0.4, -0.2) is 27.1 Å². The van der Waals surface area contributed by atoms with E-state index in [1.807, 2.05) is 71.6 Å². The molecule has 1 amide bonds. The summed E-state index contributed by atoms with van der Waals surface area (Å²) in [7, 11) is 0. The number of thioether (sulfide) groups is 1. The van der Waals surface area contributed by atoms with Crippen molar-refractivity contribution in [1.82, 2.24) is 9.47 Å². The second-order valence-electron chi connectivity index (χ2n) is 9.01. The Morgan fingerprint density at radius 2 is 1.75 bits per heavy atom. The topological polar surface area (TPSA) is 37.6 Å². The van der Waals surface area contributed by atoms with Crippen molar-refractivity contribution in [3.05, 3.63) is 106 Å². The maximum atomic E-state index is 13.5. The Balaban J connectivity index is 1.50. The number of halogens is 1. The number of hydrogen-bond donors (Lipinski definition) is 0. The van der Waals surface area contributed by atoms with Crippen LogP contribution in [0, 0.1) is 6.92 Å². The summed E-state index contributed by atoms with van der Waals surface area (Å²) in [5.41, 5.74) is 5.38. The lowest BCUT2D eigenvalue weighted by atomic mass is 10.1. The zero-order valence-electron chi connectivity index (χ0n) is 20.4. The first kappa shape index (κ1) is 24.4. The van der Waals surface area contributed by atoms with Crippen molar-refractivity contribution in [3.8, 4) is 0 Å². The minimum atomic E-state index is 0.0221. The normalized spacial score (nSPS) is 16.1. The third kappa shape index (κ3) is 5.28. The van der Waals surface area contributed by atoms with E-state index in [-0.39, 0.29) is 5.91 Å². The van der Waals surface area contributed by atoms with E-state index >= 15 is 0 Å². The highest BCUT2D eigenvalue weighted by Gasteiger charge is 2.33. The number of hydrogen-bond acceptors (Lipinski definition) is 3. The number of carbonyl (C=O) groups excluding carboxylic acids is 1. The largest absolute Gasteiger partial charge is 0.342 e. The number of amidine groups is 1. The maximum absolute atomic E-state index is 13.5. The average molecular weight is 514 g/mol. The summed E-state index contributed by atoms with van der Waals surface area (Å²) in [5.74, 6) is 0.0221. The summed E-state index contributed by atoms with van der Waals surface area (Å²) >= 11 is 7.53. The van der Waals surface area contributed by atoms with E-state index in [1.54, 1.807) is 0 Å². The van der Waals surface area contributed by atoms with Crippen LogP contribution < -0.4 is 0 Å². The van der Waals surface area contributed by atoms with E-state index in [9.17, 15) is 4.79 Å². The molecule has 3 aromatic carbocycles. The fraction of sp³-hybridized carbons (Fsp3) is 0.200. The van der Waals surface area contributed by atoms with E-state index in [2.05, 4.69) is 36.7 Å². The van der Waals surface area contributed by atoms with Gasteiger partial charge in [-0.3, -0.25) is 9.69 Å². The number of para-hydroxylation sites is 1. The van der Waals surface area contributed by atoms with Crippen molar-refractivity contribution in [1.29, 1.82) is 0 Å². The molecular formula is C30H28ClN3OS. The maximum Gasteiger partial charge on any atom is 0.266 e. The van der Waals surface area contributed by atoms with Crippen LogP contribution in [0.2, 0.25) is 5.02 Å². The number of aromatic nitrogens is 1. The highest BCUT2D eigenvalue weighted by molar-refractivity contribution is 8.18. The smallest absolute Gasteiger partial charge is 0.266 e. The lowest BCUT2D eigenvalue weighted by molar-refractivity contribution is -0.122. The molecule has 182 valence electrons. The molecule has 0 atom stereocenters. The number of carbonyl (C=O) groups is 1. The monoisotopic (exact) mass is 513 g/mol. The predicted octanol–water partition coefficient (Wildman–Crippen LogP) is 8.06. The van der Waals surface area contributed by atoms with Gasteiger partial charge in [-0.25, -0.2) is 4.99 Å². The Bertz CT molecular complexity index is 1450. The van der Waals surface area contributed by atoms with Crippen LogP contribution in [0.15, 0.2) is 88.9 Å². The number of nitrogens with zero attached hydrogens (tertiary/aromatic N) is 3. The van der Waals surface area contributed by atoms with Gasteiger partial charge >= 0.3 is 0 Å². The molecule has 4 aromatic rings. The lowest BCUT2D eigenvalue weighted by Crippen LogP contribution is -2.30. The van der Waals surface area contributed by atoms with Gasteiger partial charge < -0.3 is 4.57 Å². The van der Waals surface area contributed by atoms with Crippen molar-refractivity contribution in [2.75, 3.05) is 6.54 Å². The molecule has 1 aromatic heterocycles. The fourth-order valence-electron chi connectivity index (χ4n) is 4.28. The fourth-order valence-corrected chi connectivity index (χ4v) is 5.42. The third-order valence-electron chi connectivity index (χ3n) is 6.25. The number of aryl methyl sites for hydroxylation is 1. The zero-order valence-corrected chi connectivity index (χ0v) is 22.0. The first-order valence-corrected chi connectivity index (χ1v) is 13.4. The summed E-state index contributed by atoms with van der Waals surface area (Å²) in [5, 5.41) is 2.60. The molecule has 0 aliphatic carbocycles. The second-order valence-corrected chi connectivity index (χ2v) is 10.5. The molecule has 0 bridgehead atoms. The van der Waals surface area contributed by atoms with Crippen molar-refractivity contribution in [2.24, 2.45) is 4.99 Å². The van der Waals surface area contributed by atoms with E-state index in [0.717, 1.165) is 51.7 Å². The van der Waals surface area contributed by atoms with E-state index in [4.69, 9.17) is 16.6 Å². The van der Waals surface area contributed by atoms with Crippen LogP contribution in [0.1, 0.15) is 36.5 Å². The number of rotatable bonds is 7. The number of benzene rings is 3. The molecule has 0 spiro atoms. The van der Waals surface area contributed by atoms with E-state index in [0.29, 0.717) is 11.4 Å². The SMILES string of the molecule is CCCCN1C(=O)/C(=C\c2cn(Cc3ccc(Cl)cc3)c3ccccc23)SC1=Nc1ccc(C)cc1. The molecule has 0 saturated carbocycles. The Morgan fingerprint density at radius 3 is 2.50 bits per heavy atom. The average Bonchev–Trinajstić information content (AvgIpc) is 3.37. The van der Waals surface area contributed by atoms with Crippen LogP contribution in [0.3, 0.4) is 0 Å². The highest BCUT2D eigenvalue weighted by Crippen LogP contribution is 2.36. The van der Waals surface area contributed by atoms with Crippen LogP contribution in [-0.2, 0) is 11.3 Å². The number of unbranched alkanes of at least 4 members (excludes halogenated alkanes) is 1. The Kier molecular flexibility index (Phi) is 7.30. The molecule has 36 heavy (non-hydrogen) atoms. The number of amides is 1. The van der Waals surface area contributed by atoms with Crippen LogP contribution in [0.5, 0.6) is 0 Å². The Hall–Kier alpha value is -3.28. The summed E-state index contributed by atoms with van der Waals surface area (Å²) in [6, 6.07) is 24.3. The van der Waals surface area contributed by atoms with E-state index < -0.39 is 0 Å². The molecule has 1 aliphatic rings. The first-order valence-electron chi connectivity index (χ1n) is 12.2. The Labute approximate surface area is 221 Å². The summed E-state index contributed by atoms with van der Waals surface area (Å²) in [4.78, 5) is 20.8. The van der Waals surface area contributed by atoms with Gasteiger partial charge in [-0.15, -0.1) is 0 Å². The van der Waals surface area contributed by atoms with Crippen molar-refractivity contribution in [3.63, 3.8) is 0 Å². The van der Waals surface area contributed by atoms with Crippen molar-refractivity contribution < 1.29 is 4.79 Å². The molecule has 0 unspecified atom stereocenters. The Morgan fingerprint density at radius 1 is 1.00 bits per heavy atom. The van der Waals surface area contributed by atoms with Gasteiger partial charge in [-0.05, 0) is 67.1 Å². The van der Waals surface area contributed by atoms with Gasteiger partial charge in [0, 0.05) is 40.8 Å². The molecule has 5 rings (SSSR count). The molecule has 0 N–H and O–H groups in total. The number of fused-ring (bicyclic) bond motifs is 1. The summed E-state index contributed by atoms with van der Waals surface area (Å²) in [6.45, 7) is 5.59. The minimum Gasteiger partial charge on any atom is -0.342 e. The zero-order chi connectivity index (χ0) is 25.1. The van der Waals surface area contributed by atoms with Gasteiger partial charge in [-0.2, -0.15) is 0 Å². The van der Waals surface area contributed by atoms with Crippen LogP contribution >= 0.6 is 23.4 Å². The lowest BCUT2D eigenvalue weighted by Gasteiger charge is -2.14. The summed E-state index contributed by atoms with van der Waals surface area (Å²) in [6.07, 6.45) is 6.10. The molecule has 0 radical (unpaired) electrons.